The quantitative estimate of drug-likeness (QED) is 0.602. The molecule has 0 saturated carbocycles. The number of likely N-dealkylation sites (N-methyl/N-ethyl adjacent to an activating group) is 1. The van der Waals surface area contributed by atoms with Gasteiger partial charge in [0.15, 0.2) is 0 Å². The normalized spacial score (nSPS) is 16.2. The Balaban J connectivity index is 1.91. The zero-order valence-corrected chi connectivity index (χ0v) is 13.7. The molecule has 1 N–H and O–H groups in total. The van der Waals surface area contributed by atoms with Crippen LogP contribution in [-0.2, 0) is 11.3 Å². The number of halogens is 1. The Morgan fingerprint density at radius 2 is 2.26 bits per heavy atom. The minimum Gasteiger partial charge on any atom is -0.390 e. The van der Waals surface area contributed by atoms with Crippen LogP contribution in [0.3, 0.4) is 0 Å². The lowest BCUT2D eigenvalue weighted by Gasteiger charge is -2.24. The lowest BCUT2D eigenvalue weighted by molar-refractivity contribution is -0.384. The molecular weight excluding hydrogens is 322 g/mol. The van der Waals surface area contributed by atoms with Gasteiger partial charge in [0.1, 0.15) is 0 Å². The molecule has 1 saturated heterocycles. The molecule has 126 valence electrons. The van der Waals surface area contributed by atoms with Crippen LogP contribution in [0.4, 0.5) is 5.69 Å². The molecule has 0 bridgehead atoms. The van der Waals surface area contributed by atoms with Crippen LogP contribution in [0.5, 0.6) is 0 Å². The number of nitro groups is 1. The van der Waals surface area contributed by atoms with E-state index >= 15 is 0 Å². The number of carbonyl (C=O) groups is 1. The summed E-state index contributed by atoms with van der Waals surface area (Å²) in [5.74, 6) is 0.0773. The number of non-ortho nitro benzene ring substituents is 1. The Bertz CT molecular complexity index is 596. The molecule has 1 aromatic rings. The van der Waals surface area contributed by atoms with E-state index in [1.54, 1.807) is 11.9 Å². The molecule has 1 fully saturated rings. The number of β-amino-alcohol motifs (C(OH)–C–C–N with tert-alkyl or cyclic N) is 1. The number of likely N-dealkylation sites (tertiary alicyclic amines) is 1. The molecule has 1 aliphatic rings. The minimum atomic E-state index is -0.667. The smallest absolute Gasteiger partial charge is 0.269 e. The Morgan fingerprint density at radius 1 is 1.52 bits per heavy atom. The van der Waals surface area contributed by atoms with Gasteiger partial charge in [0.25, 0.3) is 5.69 Å². The van der Waals surface area contributed by atoms with Crippen molar-refractivity contribution in [2.24, 2.45) is 0 Å². The van der Waals surface area contributed by atoms with E-state index in [-0.39, 0.29) is 11.6 Å². The van der Waals surface area contributed by atoms with Gasteiger partial charge in [-0.15, -0.1) is 0 Å². The van der Waals surface area contributed by atoms with Crippen LogP contribution in [0.1, 0.15) is 18.4 Å². The summed E-state index contributed by atoms with van der Waals surface area (Å²) in [7, 11) is 1.80. The number of rotatable bonds is 7. The average Bonchev–Trinajstić information content (AvgIpc) is 2.86. The van der Waals surface area contributed by atoms with E-state index in [0.717, 1.165) is 6.42 Å². The third kappa shape index (κ3) is 4.89. The molecule has 1 unspecified atom stereocenters. The van der Waals surface area contributed by atoms with Gasteiger partial charge in [0.2, 0.25) is 5.91 Å². The van der Waals surface area contributed by atoms with E-state index in [0.29, 0.717) is 43.2 Å². The standard InChI is InChI=1S/C15H20ClN3O4/c1-17(9-13(20)10-18-6-2-3-15(18)21)8-11-7-12(19(22)23)4-5-14(11)16/h4-5,7,13,20H,2-3,6,8-10H2,1H3. The molecule has 8 heteroatoms. The van der Waals surface area contributed by atoms with Crippen LogP contribution < -0.4 is 0 Å². The molecule has 1 aromatic carbocycles. The second kappa shape index (κ2) is 7.72. The second-order valence-corrected chi connectivity index (χ2v) is 6.23. The molecular formula is C15H20ClN3O4. The van der Waals surface area contributed by atoms with Gasteiger partial charge >= 0.3 is 0 Å². The highest BCUT2D eigenvalue weighted by Crippen LogP contribution is 2.23. The van der Waals surface area contributed by atoms with Crippen LogP contribution in [-0.4, -0.2) is 58.5 Å². The van der Waals surface area contributed by atoms with E-state index in [1.165, 1.54) is 18.2 Å². The molecule has 1 amide bonds. The van der Waals surface area contributed by atoms with Gasteiger partial charge in [-0.25, -0.2) is 0 Å². The Kier molecular flexibility index (Phi) is 5.92. The number of aliphatic hydroxyl groups excluding tert-OH is 1. The van der Waals surface area contributed by atoms with Crippen LogP contribution in [0, 0.1) is 10.1 Å². The van der Waals surface area contributed by atoms with Gasteiger partial charge in [-0.05, 0) is 25.1 Å². The summed E-state index contributed by atoms with van der Waals surface area (Å²) < 4.78 is 0. The van der Waals surface area contributed by atoms with Gasteiger partial charge in [-0.1, -0.05) is 11.6 Å². The Hall–Kier alpha value is -1.70. The van der Waals surface area contributed by atoms with Crippen LogP contribution in [0.2, 0.25) is 5.02 Å². The zero-order chi connectivity index (χ0) is 17.0. The lowest BCUT2D eigenvalue weighted by atomic mass is 10.2. The highest BCUT2D eigenvalue weighted by molar-refractivity contribution is 6.31. The number of amides is 1. The molecule has 1 aliphatic heterocycles. The second-order valence-electron chi connectivity index (χ2n) is 5.83. The molecule has 23 heavy (non-hydrogen) atoms. The van der Waals surface area contributed by atoms with Crippen molar-refractivity contribution in [2.75, 3.05) is 26.7 Å². The number of carbonyl (C=O) groups excluding carboxylic acids is 1. The van der Waals surface area contributed by atoms with Crippen molar-refractivity contribution in [2.45, 2.75) is 25.5 Å². The summed E-state index contributed by atoms with van der Waals surface area (Å²) in [4.78, 5) is 25.4. The maximum atomic E-state index is 11.6. The predicted molar refractivity (Wildman–Crippen MR) is 86.3 cm³/mol. The number of nitrogens with zero attached hydrogens (tertiary/aromatic N) is 3. The first-order chi connectivity index (χ1) is 10.9. The van der Waals surface area contributed by atoms with E-state index < -0.39 is 11.0 Å². The fraction of sp³-hybridized carbons (Fsp3) is 0.533. The topological polar surface area (TPSA) is 86.9 Å². The summed E-state index contributed by atoms with van der Waals surface area (Å²) in [5, 5.41) is 21.4. The average molecular weight is 342 g/mol. The zero-order valence-electron chi connectivity index (χ0n) is 12.9. The fourth-order valence-electron chi connectivity index (χ4n) is 2.72. The van der Waals surface area contributed by atoms with Gasteiger partial charge in [0.05, 0.1) is 11.0 Å². The fourth-order valence-corrected chi connectivity index (χ4v) is 2.90. The first-order valence-electron chi connectivity index (χ1n) is 7.44. The van der Waals surface area contributed by atoms with Crippen LogP contribution >= 0.6 is 11.6 Å². The molecule has 0 radical (unpaired) electrons. The van der Waals surface area contributed by atoms with Crippen molar-refractivity contribution < 1.29 is 14.8 Å². The van der Waals surface area contributed by atoms with Crippen molar-refractivity contribution in [1.29, 1.82) is 0 Å². The summed E-state index contributed by atoms with van der Waals surface area (Å²) in [6.45, 7) is 1.73. The Labute approximate surface area is 139 Å². The Morgan fingerprint density at radius 3 is 2.87 bits per heavy atom. The van der Waals surface area contributed by atoms with Crippen molar-refractivity contribution in [1.82, 2.24) is 9.80 Å². The number of aliphatic hydroxyl groups is 1. The van der Waals surface area contributed by atoms with Crippen molar-refractivity contribution >= 4 is 23.2 Å². The summed E-state index contributed by atoms with van der Waals surface area (Å²) >= 11 is 6.07. The summed E-state index contributed by atoms with van der Waals surface area (Å²) in [5.41, 5.74) is 0.619. The maximum Gasteiger partial charge on any atom is 0.269 e. The molecule has 2 rings (SSSR count). The highest BCUT2D eigenvalue weighted by atomic mass is 35.5. The number of hydrogen-bond acceptors (Lipinski definition) is 5. The first kappa shape index (κ1) is 17.7. The van der Waals surface area contributed by atoms with E-state index in [2.05, 4.69) is 0 Å². The maximum absolute atomic E-state index is 11.6. The third-order valence-corrected chi connectivity index (χ3v) is 4.17. The predicted octanol–water partition coefficient (Wildman–Crippen LogP) is 1.66. The van der Waals surface area contributed by atoms with Gasteiger partial charge in [-0.3, -0.25) is 19.8 Å². The monoisotopic (exact) mass is 341 g/mol. The van der Waals surface area contributed by atoms with E-state index in [9.17, 15) is 20.0 Å². The van der Waals surface area contributed by atoms with Gasteiger partial charge < -0.3 is 10.0 Å². The number of benzene rings is 1. The summed E-state index contributed by atoms with van der Waals surface area (Å²) in [6.07, 6.45) is 0.718. The molecule has 0 aliphatic carbocycles. The SMILES string of the molecule is CN(Cc1cc([N+](=O)[O-])ccc1Cl)CC(O)CN1CCCC1=O. The third-order valence-electron chi connectivity index (χ3n) is 3.81. The highest BCUT2D eigenvalue weighted by Gasteiger charge is 2.23. The summed E-state index contributed by atoms with van der Waals surface area (Å²) in [6, 6.07) is 4.30. The van der Waals surface area contributed by atoms with E-state index in [4.69, 9.17) is 11.6 Å². The minimum absolute atomic E-state index is 0.0130. The van der Waals surface area contributed by atoms with Crippen molar-refractivity contribution in [3.63, 3.8) is 0 Å². The molecule has 0 aromatic heterocycles. The van der Waals surface area contributed by atoms with Crippen molar-refractivity contribution in [3.8, 4) is 0 Å². The van der Waals surface area contributed by atoms with Gasteiger partial charge in [0, 0.05) is 49.8 Å². The largest absolute Gasteiger partial charge is 0.390 e. The molecule has 1 heterocycles. The van der Waals surface area contributed by atoms with Gasteiger partial charge in [-0.2, -0.15) is 0 Å². The molecule has 1 atom stereocenters. The van der Waals surface area contributed by atoms with Crippen LogP contribution in [0.15, 0.2) is 18.2 Å². The lowest BCUT2D eigenvalue weighted by Crippen LogP contribution is -2.39. The number of nitro benzene ring substituents is 1. The number of hydrogen-bond donors (Lipinski definition) is 1. The van der Waals surface area contributed by atoms with E-state index in [1.807, 2.05) is 4.90 Å². The van der Waals surface area contributed by atoms with Crippen LogP contribution in [0.25, 0.3) is 0 Å². The molecule has 7 nitrogen and oxygen atoms in total. The first-order valence-corrected chi connectivity index (χ1v) is 7.82. The molecule has 0 spiro atoms. The van der Waals surface area contributed by atoms with Crippen molar-refractivity contribution in [3.05, 3.63) is 38.9 Å².